The van der Waals surface area contributed by atoms with Crippen molar-refractivity contribution in [1.82, 2.24) is 0 Å². The maximum absolute atomic E-state index is 11.3. The van der Waals surface area contributed by atoms with Crippen LogP contribution in [0.1, 0.15) is 5.56 Å². The minimum absolute atomic E-state index is 0.346. The van der Waals surface area contributed by atoms with Gasteiger partial charge in [-0.2, -0.15) is 0 Å². The molecule has 0 fully saturated rings. The molecule has 128 valence electrons. The Balaban J connectivity index is 1.69. The van der Waals surface area contributed by atoms with E-state index >= 15 is 0 Å². The minimum atomic E-state index is -0.346. The van der Waals surface area contributed by atoms with E-state index in [1.165, 1.54) is 27.6 Å². The average Bonchev–Trinajstić information content (AvgIpc) is 2.71. The summed E-state index contributed by atoms with van der Waals surface area (Å²) in [6, 6.07) is 27.6. The number of hydrogen-bond acceptors (Lipinski definition) is 3. The van der Waals surface area contributed by atoms with E-state index in [-0.39, 0.29) is 5.63 Å². The Kier molecular flexibility index (Phi) is 3.58. The van der Waals surface area contributed by atoms with Crippen LogP contribution in [0.15, 0.2) is 99.1 Å². The lowest BCUT2D eigenvalue weighted by Gasteiger charge is -2.08. The number of fused-ring (bicyclic) bond motifs is 3. The molecule has 0 saturated heterocycles. The van der Waals surface area contributed by atoms with E-state index in [2.05, 4.69) is 42.5 Å². The largest absolute Gasteiger partial charge is 0.423 e. The fourth-order valence-corrected chi connectivity index (χ4v) is 3.47. The van der Waals surface area contributed by atoms with Crippen LogP contribution in [0.2, 0.25) is 0 Å². The molecule has 4 aromatic carbocycles. The van der Waals surface area contributed by atoms with E-state index in [4.69, 9.17) is 9.41 Å². The highest BCUT2D eigenvalue weighted by atomic mass is 16.4. The molecular formula is C24H15NO2. The molecule has 0 aliphatic rings. The van der Waals surface area contributed by atoms with Crippen LogP contribution in [0.25, 0.3) is 32.5 Å². The van der Waals surface area contributed by atoms with Gasteiger partial charge < -0.3 is 4.42 Å². The summed E-state index contributed by atoms with van der Waals surface area (Å²) in [6.07, 6.45) is 1.92. The molecule has 0 N–H and O–H groups in total. The first-order chi connectivity index (χ1) is 13.3. The van der Waals surface area contributed by atoms with Gasteiger partial charge in [-0.1, -0.05) is 48.5 Å². The molecule has 5 rings (SSSR count). The van der Waals surface area contributed by atoms with Crippen LogP contribution >= 0.6 is 0 Å². The summed E-state index contributed by atoms with van der Waals surface area (Å²) in [5.74, 6) is 0. The van der Waals surface area contributed by atoms with E-state index in [1.54, 1.807) is 12.1 Å². The Morgan fingerprint density at radius 1 is 0.704 bits per heavy atom. The molecule has 0 bridgehead atoms. The summed E-state index contributed by atoms with van der Waals surface area (Å²) in [7, 11) is 0. The predicted octanol–water partition coefficient (Wildman–Crippen LogP) is 5.85. The number of rotatable bonds is 2. The first kappa shape index (κ1) is 15.5. The zero-order valence-electron chi connectivity index (χ0n) is 14.4. The summed E-state index contributed by atoms with van der Waals surface area (Å²) in [5, 5.41) is 5.58. The summed E-state index contributed by atoms with van der Waals surface area (Å²) < 4.78 is 5.19. The molecule has 3 nitrogen and oxygen atoms in total. The van der Waals surface area contributed by atoms with E-state index in [0.29, 0.717) is 5.58 Å². The quantitative estimate of drug-likeness (QED) is 0.228. The van der Waals surface area contributed by atoms with Crippen LogP contribution in [0.5, 0.6) is 0 Å². The lowest BCUT2D eigenvalue weighted by Crippen LogP contribution is -1.93. The van der Waals surface area contributed by atoms with Crippen LogP contribution in [0.3, 0.4) is 0 Å². The van der Waals surface area contributed by atoms with Gasteiger partial charge in [-0.25, -0.2) is 4.79 Å². The third-order valence-corrected chi connectivity index (χ3v) is 4.76. The zero-order chi connectivity index (χ0) is 18.2. The van der Waals surface area contributed by atoms with Crippen LogP contribution in [0, 0.1) is 0 Å². The van der Waals surface area contributed by atoms with Gasteiger partial charge >= 0.3 is 5.63 Å². The van der Waals surface area contributed by atoms with Gasteiger partial charge in [0, 0.05) is 23.2 Å². The van der Waals surface area contributed by atoms with Gasteiger partial charge in [-0.3, -0.25) is 4.99 Å². The molecule has 3 heteroatoms. The van der Waals surface area contributed by atoms with Gasteiger partial charge in [-0.15, -0.1) is 0 Å². The van der Waals surface area contributed by atoms with Crippen molar-refractivity contribution in [2.24, 2.45) is 4.99 Å². The molecule has 0 unspecified atom stereocenters. The van der Waals surface area contributed by atoms with Crippen molar-refractivity contribution in [2.75, 3.05) is 0 Å². The minimum Gasteiger partial charge on any atom is -0.423 e. The fourth-order valence-electron chi connectivity index (χ4n) is 3.47. The smallest absolute Gasteiger partial charge is 0.336 e. The molecule has 1 aromatic heterocycles. The summed E-state index contributed by atoms with van der Waals surface area (Å²) in [4.78, 5) is 16.0. The molecule has 0 atom stereocenters. The van der Waals surface area contributed by atoms with E-state index < -0.39 is 0 Å². The molecule has 27 heavy (non-hydrogen) atoms. The Morgan fingerprint density at radius 2 is 1.41 bits per heavy atom. The predicted molar refractivity (Wildman–Crippen MR) is 111 cm³/mol. The number of nitrogens with zero attached hydrogens (tertiary/aromatic N) is 1. The maximum atomic E-state index is 11.3. The van der Waals surface area contributed by atoms with Gasteiger partial charge in [0.05, 0.1) is 5.69 Å². The van der Waals surface area contributed by atoms with Crippen molar-refractivity contribution in [3.8, 4) is 0 Å². The zero-order valence-corrected chi connectivity index (χ0v) is 14.4. The molecule has 0 aliphatic carbocycles. The SMILES string of the molecule is O=c1ccc2cc(N=Cc3c4ccccc4cc4ccccc34)ccc2o1. The molecule has 0 amide bonds. The topological polar surface area (TPSA) is 42.6 Å². The van der Waals surface area contributed by atoms with Gasteiger partial charge in [-0.05, 0) is 51.9 Å². The highest BCUT2D eigenvalue weighted by molar-refractivity contribution is 6.13. The average molecular weight is 349 g/mol. The van der Waals surface area contributed by atoms with Crippen molar-refractivity contribution < 1.29 is 4.42 Å². The first-order valence-electron chi connectivity index (χ1n) is 8.76. The van der Waals surface area contributed by atoms with Crippen molar-refractivity contribution in [3.63, 3.8) is 0 Å². The monoisotopic (exact) mass is 349 g/mol. The Morgan fingerprint density at radius 3 is 2.15 bits per heavy atom. The van der Waals surface area contributed by atoms with Crippen molar-refractivity contribution in [1.29, 1.82) is 0 Å². The van der Waals surface area contributed by atoms with Crippen LogP contribution < -0.4 is 5.63 Å². The summed E-state index contributed by atoms with van der Waals surface area (Å²) >= 11 is 0. The third-order valence-electron chi connectivity index (χ3n) is 4.76. The van der Waals surface area contributed by atoms with Crippen molar-refractivity contribution in [3.05, 3.63) is 101 Å². The maximum Gasteiger partial charge on any atom is 0.336 e. The van der Waals surface area contributed by atoms with Crippen LogP contribution in [0.4, 0.5) is 5.69 Å². The number of hydrogen-bond donors (Lipinski definition) is 0. The molecule has 0 radical (unpaired) electrons. The molecular weight excluding hydrogens is 334 g/mol. The van der Waals surface area contributed by atoms with Crippen molar-refractivity contribution in [2.45, 2.75) is 0 Å². The number of benzene rings is 4. The van der Waals surface area contributed by atoms with Gasteiger partial charge in [0.15, 0.2) is 0 Å². The van der Waals surface area contributed by atoms with Gasteiger partial charge in [0.25, 0.3) is 0 Å². The molecule has 0 spiro atoms. The molecule has 5 aromatic rings. The molecule has 0 aliphatic heterocycles. The second-order valence-electron chi connectivity index (χ2n) is 6.47. The van der Waals surface area contributed by atoms with Gasteiger partial charge in [0.1, 0.15) is 5.58 Å². The number of aliphatic imine (C=N–C) groups is 1. The first-order valence-corrected chi connectivity index (χ1v) is 8.76. The highest BCUT2D eigenvalue weighted by Crippen LogP contribution is 2.28. The fraction of sp³-hybridized carbons (Fsp3) is 0. The van der Waals surface area contributed by atoms with Crippen molar-refractivity contribution >= 4 is 44.4 Å². The summed E-state index contributed by atoms with van der Waals surface area (Å²) in [6.45, 7) is 0. The third kappa shape index (κ3) is 2.79. The molecule has 1 heterocycles. The summed E-state index contributed by atoms with van der Waals surface area (Å²) in [5.41, 5.74) is 2.13. The molecule has 0 saturated carbocycles. The normalized spacial score (nSPS) is 11.7. The van der Waals surface area contributed by atoms with Crippen LogP contribution in [-0.2, 0) is 0 Å². The Labute approximate surface area is 155 Å². The van der Waals surface area contributed by atoms with E-state index in [1.807, 2.05) is 30.5 Å². The van der Waals surface area contributed by atoms with Gasteiger partial charge in [0.2, 0.25) is 0 Å². The highest BCUT2D eigenvalue weighted by Gasteiger charge is 2.05. The second kappa shape index (κ2) is 6.22. The Bertz CT molecular complexity index is 1340. The lowest BCUT2D eigenvalue weighted by molar-refractivity contribution is 0.561. The van der Waals surface area contributed by atoms with E-state index in [9.17, 15) is 4.79 Å². The standard InChI is InChI=1S/C24H15NO2/c26-24-12-9-18-14-19(10-11-23(18)27-24)25-15-22-20-7-3-1-5-16(20)13-17-6-2-4-8-21(17)22/h1-15H. The van der Waals surface area contributed by atoms with Crippen LogP contribution in [-0.4, -0.2) is 6.21 Å². The van der Waals surface area contributed by atoms with E-state index in [0.717, 1.165) is 16.6 Å². The second-order valence-corrected chi connectivity index (χ2v) is 6.47. The lowest BCUT2D eigenvalue weighted by atomic mass is 9.97. The Hall–Kier alpha value is -3.72.